The molecule has 0 saturated carbocycles. The molecule has 3 rings (SSSR count). The summed E-state index contributed by atoms with van der Waals surface area (Å²) in [4.78, 5) is 4.73. The zero-order chi connectivity index (χ0) is 22.1. The van der Waals surface area contributed by atoms with Gasteiger partial charge in [-0.1, -0.05) is 12.1 Å². The Balaban J connectivity index is 0.00000256. The van der Waals surface area contributed by atoms with Crippen LogP contribution in [0.2, 0.25) is 0 Å². The quantitative estimate of drug-likeness (QED) is 0.526. The highest BCUT2D eigenvalue weighted by atomic mass is 35.5. The van der Waals surface area contributed by atoms with E-state index in [2.05, 4.69) is 4.98 Å². The Bertz CT molecular complexity index is 1230. The highest BCUT2D eigenvalue weighted by Crippen LogP contribution is 2.36. The maximum Gasteiger partial charge on any atom is 0.242 e. The zero-order valence-corrected chi connectivity index (χ0v) is 20.7. The van der Waals surface area contributed by atoms with E-state index in [1.807, 2.05) is 19.1 Å². The molecule has 3 aromatic rings. The average molecular weight is 505 g/mol. The number of nitrogens with zero attached hydrogens (tertiary/aromatic N) is 3. The maximum absolute atomic E-state index is 14.3. The van der Waals surface area contributed by atoms with Crippen LogP contribution >= 0.6 is 24.8 Å². The predicted molar refractivity (Wildman–Crippen MR) is 130 cm³/mol. The number of benzene rings is 1. The van der Waals surface area contributed by atoms with Gasteiger partial charge >= 0.3 is 0 Å². The molecule has 0 unspecified atom stereocenters. The number of halogens is 3. The van der Waals surface area contributed by atoms with E-state index in [9.17, 15) is 12.8 Å². The summed E-state index contributed by atoms with van der Waals surface area (Å²) >= 11 is 0. The molecule has 0 saturated heterocycles. The van der Waals surface area contributed by atoms with Gasteiger partial charge in [-0.2, -0.15) is 0 Å². The molecule has 32 heavy (non-hydrogen) atoms. The Hall–Kier alpha value is -2.17. The maximum atomic E-state index is 14.3. The van der Waals surface area contributed by atoms with Crippen molar-refractivity contribution in [2.45, 2.75) is 18.4 Å². The number of aromatic nitrogens is 2. The van der Waals surface area contributed by atoms with Crippen LogP contribution in [0.3, 0.4) is 0 Å². The lowest BCUT2D eigenvalue weighted by Crippen LogP contribution is -2.22. The number of hydrogen-bond donors (Lipinski definition) is 1. The standard InChI is InChI=1S/C21H25FN4O3S.2ClH/c1-14-20(15-6-5-7-17(12-15)30(27,28)25(2)3)21-18(8-9-19(24-21)29-4)26(14)13-16(22)10-11-23;;/h5-10,12H,11,13,23H2,1-4H3;2*1H/b16-10-;;. The lowest BCUT2D eigenvalue weighted by Gasteiger charge is -2.12. The predicted octanol–water partition coefficient (Wildman–Crippen LogP) is 3.93. The molecule has 0 atom stereocenters. The number of fused-ring (bicyclic) bond motifs is 1. The molecule has 0 aliphatic heterocycles. The fraction of sp³-hybridized carbons (Fsp3) is 0.286. The Kier molecular flexibility index (Phi) is 9.67. The van der Waals surface area contributed by atoms with Crippen LogP contribution < -0.4 is 10.5 Å². The number of allylic oxidation sites excluding steroid dienone is 1. The van der Waals surface area contributed by atoms with Crippen molar-refractivity contribution in [1.29, 1.82) is 0 Å². The number of pyridine rings is 1. The molecule has 11 heteroatoms. The number of sulfonamides is 1. The first-order valence-electron chi connectivity index (χ1n) is 9.32. The first kappa shape index (κ1) is 27.9. The molecule has 0 bridgehead atoms. The van der Waals surface area contributed by atoms with Gasteiger partial charge in [-0.05, 0) is 36.8 Å². The molecule has 0 amide bonds. The lowest BCUT2D eigenvalue weighted by molar-refractivity contribution is 0.399. The summed E-state index contributed by atoms with van der Waals surface area (Å²) in [7, 11) is 0.880. The van der Waals surface area contributed by atoms with Crippen LogP contribution in [0.1, 0.15) is 5.69 Å². The first-order valence-corrected chi connectivity index (χ1v) is 10.8. The summed E-state index contributed by atoms with van der Waals surface area (Å²) in [6, 6.07) is 10.2. The number of methoxy groups -OCH3 is 1. The van der Waals surface area contributed by atoms with Crippen LogP contribution in [0.5, 0.6) is 5.88 Å². The summed E-state index contributed by atoms with van der Waals surface area (Å²) < 4.78 is 47.7. The minimum atomic E-state index is -3.61. The van der Waals surface area contributed by atoms with Crippen LogP contribution in [0, 0.1) is 6.92 Å². The second kappa shape index (κ2) is 11.1. The van der Waals surface area contributed by atoms with Gasteiger partial charge in [0.15, 0.2) is 0 Å². The molecule has 2 heterocycles. The molecule has 2 aromatic heterocycles. The summed E-state index contributed by atoms with van der Waals surface area (Å²) in [5.41, 5.74) is 8.90. The van der Waals surface area contributed by atoms with E-state index < -0.39 is 10.0 Å². The number of nitrogens with two attached hydrogens (primary N) is 1. The van der Waals surface area contributed by atoms with E-state index in [0.29, 0.717) is 22.5 Å². The van der Waals surface area contributed by atoms with Crippen molar-refractivity contribution in [2.75, 3.05) is 27.7 Å². The topological polar surface area (TPSA) is 90.5 Å². The third kappa shape index (κ3) is 5.24. The third-order valence-electron chi connectivity index (χ3n) is 4.90. The lowest BCUT2D eigenvalue weighted by atomic mass is 10.1. The fourth-order valence-electron chi connectivity index (χ4n) is 3.35. The fourth-order valence-corrected chi connectivity index (χ4v) is 4.30. The van der Waals surface area contributed by atoms with E-state index in [-0.39, 0.29) is 48.6 Å². The molecule has 2 N–H and O–H groups in total. The van der Waals surface area contributed by atoms with Gasteiger partial charge in [0, 0.05) is 38.0 Å². The molecule has 0 radical (unpaired) electrons. The van der Waals surface area contributed by atoms with Crippen molar-refractivity contribution < 1.29 is 17.5 Å². The Labute approximate surface area is 199 Å². The van der Waals surface area contributed by atoms with Crippen molar-refractivity contribution in [3.8, 4) is 17.0 Å². The molecule has 176 valence electrons. The Morgan fingerprint density at radius 2 is 1.94 bits per heavy atom. The van der Waals surface area contributed by atoms with Gasteiger partial charge in [-0.15, -0.1) is 24.8 Å². The summed E-state index contributed by atoms with van der Waals surface area (Å²) in [6.07, 6.45) is 1.33. The zero-order valence-electron chi connectivity index (χ0n) is 18.2. The van der Waals surface area contributed by atoms with Gasteiger partial charge in [0.2, 0.25) is 15.9 Å². The van der Waals surface area contributed by atoms with Crippen molar-refractivity contribution in [2.24, 2.45) is 5.73 Å². The number of hydrogen-bond acceptors (Lipinski definition) is 5. The van der Waals surface area contributed by atoms with Crippen molar-refractivity contribution in [3.05, 3.63) is 54.0 Å². The van der Waals surface area contributed by atoms with E-state index in [0.717, 1.165) is 15.6 Å². The van der Waals surface area contributed by atoms with E-state index in [1.165, 1.54) is 27.3 Å². The highest BCUT2D eigenvalue weighted by molar-refractivity contribution is 7.89. The van der Waals surface area contributed by atoms with Gasteiger partial charge in [-0.25, -0.2) is 22.1 Å². The van der Waals surface area contributed by atoms with Gasteiger partial charge in [-0.3, -0.25) is 0 Å². The van der Waals surface area contributed by atoms with Crippen LogP contribution in [-0.4, -0.2) is 50.0 Å². The average Bonchev–Trinajstić information content (AvgIpc) is 2.98. The minimum absolute atomic E-state index is 0. The second-order valence-electron chi connectivity index (χ2n) is 6.97. The largest absolute Gasteiger partial charge is 0.481 e. The van der Waals surface area contributed by atoms with E-state index in [1.54, 1.807) is 28.8 Å². The van der Waals surface area contributed by atoms with Crippen LogP contribution in [0.15, 0.2) is 53.2 Å². The van der Waals surface area contributed by atoms with Gasteiger partial charge in [0.25, 0.3) is 0 Å². The van der Waals surface area contributed by atoms with Crippen molar-refractivity contribution in [1.82, 2.24) is 13.9 Å². The summed E-state index contributed by atoms with van der Waals surface area (Å²) in [5.74, 6) is 0.0553. The highest BCUT2D eigenvalue weighted by Gasteiger charge is 2.22. The van der Waals surface area contributed by atoms with Crippen molar-refractivity contribution in [3.63, 3.8) is 0 Å². The van der Waals surface area contributed by atoms with E-state index >= 15 is 0 Å². The second-order valence-corrected chi connectivity index (χ2v) is 9.12. The Morgan fingerprint density at radius 3 is 2.53 bits per heavy atom. The van der Waals surface area contributed by atoms with Crippen LogP contribution in [-0.2, 0) is 16.6 Å². The van der Waals surface area contributed by atoms with E-state index in [4.69, 9.17) is 10.5 Å². The SMILES string of the molecule is COc1ccc2c(n1)c(-c1cccc(S(=O)(=O)N(C)C)c1)c(C)n2C/C(F)=C/CN.Cl.Cl. The van der Waals surface area contributed by atoms with Gasteiger partial charge in [0.1, 0.15) is 11.3 Å². The monoisotopic (exact) mass is 504 g/mol. The molecular weight excluding hydrogens is 478 g/mol. The molecule has 1 aromatic carbocycles. The normalized spacial score (nSPS) is 11.9. The van der Waals surface area contributed by atoms with Crippen molar-refractivity contribution >= 4 is 45.9 Å². The van der Waals surface area contributed by atoms with Crippen LogP contribution in [0.4, 0.5) is 4.39 Å². The van der Waals surface area contributed by atoms with Gasteiger partial charge < -0.3 is 15.0 Å². The summed E-state index contributed by atoms with van der Waals surface area (Å²) in [5, 5.41) is 0. The smallest absolute Gasteiger partial charge is 0.242 e. The molecular formula is C21H27Cl2FN4O3S. The molecule has 0 aliphatic rings. The Morgan fingerprint density at radius 1 is 1.25 bits per heavy atom. The number of rotatable bonds is 7. The number of ether oxygens (including phenoxy) is 1. The third-order valence-corrected chi connectivity index (χ3v) is 6.71. The molecule has 0 aliphatic carbocycles. The summed E-state index contributed by atoms with van der Waals surface area (Å²) in [6.45, 7) is 1.96. The van der Waals surface area contributed by atoms with Crippen LogP contribution in [0.25, 0.3) is 22.2 Å². The molecule has 0 fully saturated rings. The molecule has 0 spiro atoms. The minimum Gasteiger partial charge on any atom is -0.481 e. The first-order chi connectivity index (χ1) is 14.2. The molecule has 7 nitrogen and oxygen atoms in total. The van der Waals surface area contributed by atoms with Gasteiger partial charge in [0.05, 0.1) is 24.1 Å².